The SMILES string of the molecule is CC(O)CNCC1[C+]2C=C(C(O)COc3cc(CC[C-]4C=C(CO)C(CCCCCCCN)[OH+]4)ccc3O)N=C2C2C=CC13CCCC3C21CCCC1. The minimum absolute atomic E-state index is 0.0134. The van der Waals surface area contributed by atoms with Crippen molar-refractivity contribution < 1.29 is 29.9 Å². The first-order valence-corrected chi connectivity index (χ1v) is 20.7. The molecule has 3 saturated carbocycles. The van der Waals surface area contributed by atoms with Gasteiger partial charge in [-0.2, -0.15) is 0 Å². The third kappa shape index (κ3) is 7.85. The Labute approximate surface area is 316 Å². The first-order chi connectivity index (χ1) is 25.8. The van der Waals surface area contributed by atoms with Crippen molar-refractivity contribution in [3.63, 3.8) is 0 Å². The van der Waals surface area contributed by atoms with E-state index in [9.17, 15) is 20.4 Å². The molecule has 2 aliphatic heterocycles. The number of phenols is 1. The molecular formula is C44H64N3O6+. The highest BCUT2D eigenvalue weighted by Crippen LogP contribution is 2.71. The van der Waals surface area contributed by atoms with Gasteiger partial charge in [-0.25, -0.2) is 0 Å². The van der Waals surface area contributed by atoms with Crippen molar-refractivity contribution in [1.82, 2.24) is 5.32 Å². The Hall–Kier alpha value is -2.79. The zero-order chi connectivity index (χ0) is 37.0. The monoisotopic (exact) mass is 730 g/mol. The Balaban J connectivity index is 0.991. The zero-order valence-electron chi connectivity index (χ0n) is 31.8. The highest BCUT2D eigenvalue weighted by atomic mass is 16.5. The van der Waals surface area contributed by atoms with Crippen LogP contribution in [-0.2, 0) is 6.42 Å². The predicted molar refractivity (Wildman–Crippen MR) is 209 cm³/mol. The minimum atomic E-state index is -0.942. The van der Waals surface area contributed by atoms with Gasteiger partial charge < -0.3 is 41.0 Å². The number of unbranched alkanes of at least 4 members (excludes halogenated alkanes) is 4. The van der Waals surface area contributed by atoms with Gasteiger partial charge in [0.25, 0.3) is 0 Å². The Morgan fingerprint density at radius 3 is 2.72 bits per heavy atom. The summed E-state index contributed by atoms with van der Waals surface area (Å²) >= 11 is 0. The molecule has 2 bridgehead atoms. The van der Waals surface area contributed by atoms with Crippen LogP contribution in [0.1, 0.15) is 102 Å². The number of hydrogen-bond donors (Lipinski definition) is 6. The molecule has 0 amide bonds. The lowest BCUT2D eigenvalue weighted by atomic mass is 9.52. The lowest BCUT2D eigenvalue weighted by molar-refractivity contribution is -0.0552. The largest absolute Gasteiger partial charge is 0.504 e. The Kier molecular flexibility index (Phi) is 12.3. The molecule has 53 heavy (non-hydrogen) atoms. The summed E-state index contributed by atoms with van der Waals surface area (Å²) < 4.78 is 11.1. The molecule has 9 nitrogen and oxygen atoms in total. The van der Waals surface area contributed by atoms with Crippen molar-refractivity contribution in [2.45, 2.75) is 122 Å². The van der Waals surface area contributed by atoms with Gasteiger partial charge in [0.1, 0.15) is 24.7 Å². The molecule has 1 aromatic rings. The molecular weight excluding hydrogens is 666 g/mol. The zero-order valence-corrected chi connectivity index (χ0v) is 31.8. The molecule has 1 aromatic carbocycles. The third-order valence-corrected chi connectivity index (χ3v) is 13.6. The number of aryl methyl sites for hydroxylation is 1. The van der Waals surface area contributed by atoms with Gasteiger partial charge in [-0.15, -0.1) is 16.6 Å². The van der Waals surface area contributed by atoms with Gasteiger partial charge >= 0.3 is 0 Å². The van der Waals surface area contributed by atoms with Crippen LogP contribution >= 0.6 is 0 Å². The number of aliphatic imine (C=N–C) groups is 1. The number of benzene rings is 1. The fraction of sp³-hybridized carbons (Fsp3) is 0.659. The molecule has 0 saturated heterocycles. The van der Waals surface area contributed by atoms with Crippen LogP contribution in [0.25, 0.3) is 0 Å². The quantitative estimate of drug-likeness (QED) is 0.0458. The summed E-state index contributed by atoms with van der Waals surface area (Å²) in [5.74, 6) is 2.78. The maximum Gasteiger partial charge on any atom is 0.208 e. The summed E-state index contributed by atoms with van der Waals surface area (Å²) in [4.78, 5) is 5.24. The van der Waals surface area contributed by atoms with E-state index in [1.807, 2.05) is 19.1 Å². The molecule has 9 heteroatoms. The summed E-state index contributed by atoms with van der Waals surface area (Å²) in [6.07, 6.45) is 25.8. The molecule has 2 heterocycles. The summed E-state index contributed by atoms with van der Waals surface area (Å²) in [6.45, 7) is 3.93. The number of aliphatic hydroxyl groups is 5. The number of nitrogens with two attached hydrogens (primary N) is 1. The Morgan fingerprint density at radius 2 is 1.92 bits per heavy atom. The second-order valence-electron chi connectivity index (χ2n) is 16.9. The van der Waals surface area contributed by atoms with Gasteiger partial charge in [0, 0.05) is 37.5 Å². The van der Waals surface area contributed by atoms with E-state index in [0.29, 0.717) is 23.9 Å². The van der Waals surface area contributed by atoms with Crippen molar-refractivity contribution in [2.24, 2.45) is 39.3 Å². The van der Waals surface area contributed by atoms with E-state index in [0.717, 1.165) is 74.6 Å². The molecule has 7 atom stereocenters. The maximum absolute atomic E-state index is 11.6. The van der Waals surface area contributed by atoms with Gasteiger partial charge in [0.2, 0.25) is 5.70 Å². The molecule has 3 fully saturated rings. The number of nitrogens with one attached hydrogen (secondary N) is 1. The maximum atomic E-state index is 11.6. The van der Waals surface area contributed by atoms with Crippen molar-refractivity contribution in [1.29, 1.82) is 0 Å². The standard InChI is InChI=1S/C44H63N3O6/c1-29(49)25-46-26-35-33-24-36(47-42(33)34-16-20-44(35)19-9-11-41(44)43(34)17-6-7-18-43)38(51)28-52-40-22-30(13-15-37(40)50)12-14-32-23-31(27-48)39(53-32)10-5-3-2-4-8-21-45/h13,15-16,20,22-24,29,34-35,38-39,41,46,48-49,51,53H,2-12,14,17-19,21,25-28,45H2,1H3/p+1. The normalized spacial score (nSPS) is 29.3. The Morgan fingerprint density at radius 1 is 1.11 bits per heavy atom. The molecule has 290 valence electrons. The Bertz CT molecular complexity index is 1530. The first kappa shape index (κ1) is 38.5. The number of allylic oxidation sites excluding steroid dienone is 3. The number of phenolic OH excluding ortho intramolecular Hbond substituents is 1. The molecule has 0 aromatic heterocycles. The fourth-order valence-corrected chi connectivity index (χ4v) is 11.1. The second kappa shape index (κ2) is 16.9. The van der Waals surface area contributed by atoms with Gasteiger partial charge in [0.05, 0.1) is 18.1 Å². The molecule has 8 rings (SSSR count). The lowest BCUT2D eigenvalue weighted by Gasteiger charge is -2.50. The van der Waals surface area contributed by atoms with E-state index in [2.05, 4.69) is 29.6 Å². The minimum Gasteiger partial charge on any atom is -0.504 e. The highest BCUT2D eigenvalue weighted by Gasteiger charge is 2.69. The fourth-order valence-electron chi connectivity index (χ4n) is 11.1. The van der Waals surface area contributed by atoms with E-state index in [4.69, 9.17) is 20.2 Å². The second-order valence-corrected chi connectivity index (χ2v) is 16.9. The number of nitrogens with zero attached hydrogens (tertiary/aromatic N) is 1. The number of ether oxygens (including phenoxy) is 2. The summed E-state index contributed by atoms with van der Waals surface area (Å²) in [5, 5.41) is 45.9. The number of aromatic hydroxyl groups is 1. The van der Waals surface area contributed by atoms with Gasteiger partial charge in [-0.1, -0.05) is 56.7 Å². The average molecular weight is 731 g/mol. The molecule has 2 spiro atoms. The number of rotatable bonds is 19. The number of aliphatic hydroxyl groups excluding tert-OH is 3. The van der Waals surface area contributed by atoms with Crippen LogP contribution < -0.4 is 15.8 Å². The molecule has 8 N–H and O–H groups in total. The average Bonchev–Trinajstić information content (AvgIpc) is 3.96. The molecule has 7 unspecified atom stereocenters. The highest BCUT2D eigenvalue weighted by molar-refractivity contribution is 6.06. The van der Waals surface area contributed by atoms with Crippen LogP contribution in [0.5, 0.6) is 11.5 Å². The van der Waals surface area contributed by atoms with Crippen LogP contribution in [0, 0.1) is 40.6 Å². The molecule has 5 aliphatic carbocycles. The van der Waals surface area contributed by atoms with Crippen LogP contribution in [0.2, 0.25) is 0 Å². The smallest absolute Gasteiger partial charge is 0.208 e. The molecule has 0 radical (unpaired) electrons. The first-order valence-electron chi connectivity index (χ1n) is 20.7. The van der Waals surface area contributed by atoms with Gasteiger partial charge in [0.15, 0.2) is 23.3 Å². The van der Waals surface area contributed by atoms with Crippen molar-refractivity contribution in [2.75, 3.05) is 32.8 Å². The van der Waals surface area contributed by atoms with Crippen LogP contribution in [-0.4, -0.2) is 82.0 Å². The van der Waals surface area contributed by atoms with E-state index in [1.54, 1.807) is 6.07 Å². The summed E-state index contributed by atoms with van der Waals surface area (Å²) in [7, 11) is 0. The van der Waals surface area contributed by atoms with Crippen molar-refractivity contribution >= 4 is 5.71 Å². The predicted octanol–water partition coefficient (Wildman–Crippen LogP) is 5.77. The number of hydrogen-bond acceptors (Lipinski definition) is 8. The van der Waals surface area contributed by atoms with Crippen molar-refractivity contribution in [3.05, 3.63) is 71.4 Å². The van der Waals surface area contributed by atoms with E-state index in [-0.39, 0.29) is 47.7 Å². The van der Waals surface area contributed by atoms with Gasteiger partial charge in [-0.3, -0.25) is 0 Å². The summed E-state index contributed by atoms with van der Waals surface area (Å²) in [5.41, 5.74) is 9.70. The third-order valence-electron chi connectivity index (χ3n) is 13.6. The van der Waals surface area contributed by atoms with E-state index >= 15 is 0 Å². The van der Waals surface area contributed by atoms with E-state index in [1.165, 1.54) is 63.7 Å². The molecule has 7 aliphatic rings. The van der Waals surface area contributed by atoms with Crippen molar-refractivity contribution in [3.8, 4) is 11.5 Å². The topological polar surface area (TPSA) is 153 Å². The van der Waals surface area contributed by atoms with Gasteiger partial charge in [-0.05, 0) is 93.9 Å². The lowest BCUT2D eigenvalue weighted by Crippen LogP contribution is -2.48. The van der Waals surface area contributed by atoms with Crippen LogP contribution in [0.3, 0.4) is 0 Å². The van der Waals surface area contributed by atoms with Crippen LogP contribution in [0.4, 0.5) is 0 Å². The summed E-state index contributed by atoms with van der Waals surface area (Å²) in [6, 6.07) is 5.42. The van der Waals surface area contributed by atoms with Crippen LogP contribution in [0.15, 0.2) is 58.8 Å². The van der Waals surface area contributed by atoms with E-state index < -0.39 is 12.2 Å².